The van der Waals surface area contributed by atoms with Gasteiger partial charge in [0.25, 0.3) is 0 Å². The topological polar surface area (TPSA) is 39.5 Å². The smallest absolute Gasteiger partial charge is 0.128 e. The number of hydrogen-bond donors (Lipinski definition) is 0. The number of imidazole rings is 1. The molecule has 0 bridgehead atoms. The Morgan fingerprint density at radius 1 is 1.16 bits per heavy atom. The maximum atomic E-state index is 5.66. The number of nitrogens with zero attached hydrogens (tertiary/aromatic N) is 3. The van der Waals surface area contributed by atoms with Crippen LogP contribution in [-0.4, -0.2) is 47.4 Å². The zero-order chi connectivity index (χ0) is 17.2. The first-order chi connectivity index (χ1) is 12.2. The van der Waals surface area contributed by atoms with Crippen LogP contribution in [0.5, 0.6) is 5.75 Å². The molecule has 3 aromatic rings. The van der Waals surface area contributed by atoms with Gasteiger partial charge in [-0.2, -0.15) is 0 Å². The maximum Gasteiger partial charge on any atom is 0.128 e. The standard InChI is InChI=1S/C20H23N3O2/c1-15-13-22(11-12-25-15)14-20-21-18-5-3-4-6-19(18)23(20)16-7-9-17(24-2)10-8-16/h3-10,15H,11-14H2,1-2H3/t15-/m0/s1. The first-order valence-corrected chi connectivity index (χ1v) is 8.69. The van der Waals surface area contributed by atoms with Crippen molar-refractivity contribution < 1.29 is 9.47 Å². The van der Waals surface area contributed by atoms with Gasteiger partial charge in [-0.3, -0.25) is 9.47 Å². The molecule has 0 radical (unpaired) electrons. The number of hydrogen-bond acceptors (Lipinski definition) is 4. The zero-order valence-corrected chi connectivity index (χ0v) is 14.7. The molecule has 0 saturated carbocycles. The van der Waals surface area contributed by atoms with Gasteiger partial charge in [-0.25, -0.2) is 4.98 Å². The van der Waals surface area contributed by atoms with Crippen molar-refractivity contribution in [3.63, 3.8) is 0 Å². The van der Waals surface area contributed by atoms with Crippen molar-refractivity contribution in [1.29, 1.82) is 0 Å². The summed E-state index contributed by atoms with van der Waals surface area (Å²) in [6, 6.07) is 16.4. The van der Waals surface area contributed by atoms with Gasteiger partial charge in [-0.1, -0.05) is 12.1 Å². The second-order valence-electron chi connectivity index (χ2n) is 6.47. The molecule has 0 unspecified atom stereocenters. The van der Waals surface area contributed by atoms with Gasteiger partial charge in [0, 0.05) is 18.8 Å². The van der Waals surface area contributed by atoms with Crippen LogP contribution < -0.4 is 4.74 Å². The normalized spacial score (nSPS) is 18.6. The predicted molar refractivity (Wildman–Crippen MR) is 98.3 cm³/mol. The van der Waals surface area contributed by atoms with E-state index in [0.717, 1.165) is 54.5 Å². The molecule has 1 atom stereocenters. The molecule has 0 amide bonds. The molecule has 1 aliphatic rings. The van der Waals surface area contributed by atoms with Gasteiger partial charge in [0.1, 0.15) is 11.6 Å². The third-order valence-electron chi connectivity index (χ3n) is 4.65. The molecular weight excluding hydrogens is 314 g/mol. The van der Waals surface area contributed by atoms with Crippen LogP contribution in [0.1, 0.15) is 12.7 Å². The Balaban J connectivity index is 1.74. The van der Waals surface area contributed by atoms with Crippen LogP contribution in [-0.2, 0) is 11.3 Å². The van der Waals surface area contributed by atoms with Crippen LogP contribution >= 0.6 is 0 Å². The summed E-state index contributed by atoms with van der Waals surface area (Å²) < 4.78 is 13.2. The first-order valence-electron chi connectivity index (χ1n) is 8.69. The Labute approximate surface area is 147 Å². The van der Waals surface area contributed by atoms with Crippen molar-refractivity contribution in [3.8, 4) is 11.4 Å². The molecule has 4 rings (SSSR count). The third kappa shape index (κ3) is 3.25. The van der Waals surface area contributed by atoms with Crippen molar-refractivity contribution in [2.45, 2.75) is 19.6 Å². The molecule has 0 N–H and O–H groups in total. The minimum Gasteiger partial charge on any atom is -0.497 e. The van der Waals surface area contributed by atoms with E-state index < -0.39 is 0 Å². The van der Waals surface area contributed by atoms with E-state index in [-0.39, 0.29) is 6.10 Å². The summed E-state index contributed by atoms with van der Waals surface area (Å²) >= 11 is 0. The van der Waals surface area contributed by atoms with E-state index in [1.165, 1.54) is 0 Å². The van der Waals surface area contributed by atoms with Gasteiger partial charge in [0.2, 0.25) is 0 Å². The van der Waals surface area contributed by atoms with Gasteiger partial charge in [0.15, 0.2) is 0 Å². The SMILES string of the molecule is COc1ccc(-n2c(CN3CCO[C@@H](C)C3)nc3ccccc32)cc1. The summed E-state index contributed by atoms with van der Waals surface area (Å²) in [6.45, 7) is 5.60. The first kappa shape index (κ1) is 16.1. The van der Waals surface area contributed by atoms with E-state index >= 15 is 0 Å². The minimum absolute atomic E-state index is 0.271. The van der Waals surface area contributed by atoms with Crippen molar-refractivity contribution in [3.05, 3.63) is 54.4 Å². The lowest BCUT2D eigenvalue weighted by Crippen LogP contribution is -2.40. The van der Waals surface area contributed by atoms with Gasteiger partial charge < -0.3 is 9.47 Å². The van der Waals surface area contributed by atoms with E-state index in [0.29, 0.717) is 0 Å². The third-order valence-corrected chi connectivity index (χ3v) is 4.65. The van der Waals surface area contributed by atoms with Crippen LogP contribution in [0.2, 0.25) is 0 Å². The molecule has 0 spiro atoms. The molecule has 130 valence electrons. The zero-order valence-electron chi connectivity index (χ0n) is 14.7. The summed E-state index contributed by atoms with van der Waals surface area (Å²) in [7, 11) is 1.69. The number of aromatic nitrogens is 2. The fourth-order valence-corrected chi connectivity index (χ4v) is 3.44. The lowest BCUT2D eigenvalue weighted by molar-refractivity contribution is -0.0220. The molecule has 0 aliphatic carbocycles. The number of rotatable bonds is 4. The summed E-state index contributed by atoms with van der Waals surface area (Å²) in [5.74, 6) is 1.91. The van der Waals surface area contributed by atoms with E-state index in [9.17, 15) is 0 Å². The van der Waals surface area contributed by atoms with E-state index in [1.54, 1.807) is 7.11 Å². The highest BCUT2D eigenvalue weighted by Crippen LogP contribution is 2.24. The van der Waals surface area contributed by atoms with Gasteiger partial charge in [-0.05, 0) is 43.3 Å². The van der Waals surface area contributed by atoms with Crippen LogP contribution in [0.4, 0.5) is 0 Å². The Bertz CT molecular complexity index is 857. The van der Waals surface area contributed by atoms with Crippen LogP contribution in [0.3, 0.4) is 0 Å². The second-order valence-corrected chi connectivity index (χ2v) is 6.47. The molecule has 2 heterocycles. The van der Waals surface area contributed by atoms with Crippen LogP contribution in [0.15, 0.2) is 48.5 Å². The highest BCUT2D eigenvalue weighted by Gasteiger charge is 2.20. The van der Waals surface area contributed by atoms with Crippen molar-refractivity contribution >= 4 is 11.0 Å². The van der Waals surface area contributed by atoms with Crippen LogP contribution in [0, 0.1) is 0 Å². The average molecular weight is 337 g/mol. The molecule has 1 aliphatic heterocycles. The molecule has 5 nitrogen and oxygen atoms in total. The number of benzene rings is 2. The van der Waals surface area contributed by atoms with Gasteiger partial charge in [-0.15, -0.1) is 0 Å². The fraction of sp³-hybridized carbons (Fsp3) is 0.350. The lowest BCUT2D eigenvalue weighted by Gasteiger charge is -2.30. The molecule has 1 aromatic heterocycles. The highest BCUT2D eigenvalue weighted by atomic mass is 16.5. The van der Waals surface area contributed by atoms with Crippen molar-refractivity contribution in [2.24, 2.45) is 0 Å². The average Bonchev–Trinajstić information content (AvgIpc) is 2.99. The molecular formula is C20H23N3O2. The number of para-hydroxylation sites is 2. The Hall–Kier alpha value is -2.37. The maximum absolute atomic E-state index is 5.66. The summed E-state index contributed by atoms with van der Waals surface area (Å²) in [4.78, 5) is 7.31. The number of morpholine rings is 1. The molecule has 2 aromatic carbocycles. The second kappa shape index (κ2) is 6.86. The van der Waals surface area contributed by atoms with Crippen molar-refractivity contribution in [1.82, 2.24) is 14.5 Å². The Morgan fingerprint density at radius 2 is 1.96 bits per heavy atom. The summed E-state index contributed by atoms with van der Waals surface area (Å²) in [6.07, 6.45) is 0.271. The molecule has 1 fully saturated rings. The number of methoxy groups -OCH3 is 1. The van der Waals surface area contributed by atoms with E-state index in [1.807, 2.05) is 18.2 Å². The quantitative estimate of drug-likeness (QED) is 0.733. The van der Waals surface area contributed by atoms with Crippen molar-refractivity contribution in [2.75, 3.05) is 26.8 Å². The molecule has 25 heavy (non-hydrogen) atoms. The lowest BCUT2D eigenvalue weighted by atomic mass is 10.2. The van der Waals surface area contributed by atoms with Gasteiger partial charge in [0.05, 0.1) is 37.4 Å². The Morgan fingerprint density at radius 3 is 2.72 bits per heavy atom. The fourth-order valence-electron chi connectivity index (χ4n) is 3.44. The Kier molecular flexibility index (Phi) is 4.42. The van der Waals surface area contributed by atoms with Crippen LogP contribution in [0.25, 0.3) is 16.7 Å². The number of fused-ring (bicyclic) bond motifs is 1. The van der Waals surface area contributed by atoms with Gasteiger partial charge >= 0.3 is 0 Å². The monoisotopic (exact) mass is 337 g/mol. The van der Waals surface area contributed by atoms with E-state index in [2.05, 4.69) is 46.7 Å². The predicted octanol–water partition coefficient (Wildman–Crippen LogP) is 3.25. The largest absolute Gasteiger partial charge is 0.497 e. The van der Waals surface area contributed by atoms with E-state index in [4.69, 9.17) is 14.5 Å². The number of ether oxygens (including phenoxy) is 2. The highest BCUT2D eigenvalue weighted by molar-refractivity contribution is 5.78. The minimum atomic E-state index is 0.271. The molecule has 5 heteroatoms. The summed E-state index contributed by atoms with van der Waals surface area (Å²) in [5.41, 5.74) is 3.25. The summed E-state index contributed by atoms with van der Waals surface area (Å²) in [5, 5.41) is 0. The molecule has 1 saturated heterocycles.